The Morgan fingerprint density at radius 3 is 2.27 bits per heavy atom. The van der Waals surface area contributed by atoms with Gasteiger partial charge in [0.15, 0.2) is 6.61 Å². The summed E-state index contributed by atoms with van der Waals surface area (Å²) in [4.78, 5) is 35.8. The van der Waals surface area contributed by atoms with Gasteiger partial charge in [0, 0.05) is 17.4 Å². The fourth-order valence-electron chi connectivity index (χ4n) is 2.62. The van der Waals surface area contributed by atoms with E-state index in [1.807, 2.05) is 18.2 Å². The third-order valence-electron chi connectivity index (χ3n) is 4.22. The fourth-order valence-corrected chi connectivity index (χ4v) is 2.62. The molecule has 0 bridgehead atoms. The number of nitrogens with one attached hydrogen (secondary N) is 3. The highest BCUT2D eigenvalue weighted by Crippen LogP contribution is 2.16. The van der Waals surface area contributed by atoms with Crippen molar-refractivity contribution in [3.63, 3.8) is 0 Å². The van der Waals surface area contributed by atoms with Crippen LogP contribution in [-0.4, -0.2) is 37.7 Å². The van der Waals surface area contributed by atoms with Gasteiger partial charge in [0.25, 0.3) is 5.91 Å². The van der Waals surface area contributed by atoms with Gasteiger partial charge in [-0.2, -0.15) is 5.10 Å². The molecule has 3 aromatic carbocycles. The number of hydrogen-bond acceptors (Lipinski definition) is 6. The van der Waals surface area contributed by atoms with E-state index < -0.39 is 11.8 Å². The minimum Gasteiger partial charge on any atom is -0.497 e. The molecule has 3 aromatic rings. The minimum absolute atomic E-state index is 0.138. The van der Waals surface area contributed by atoms with Gasteiger partial charge in [-0.25, -0.2) is 5.43 Å². The summed E-state index contributed by atoms with van der Waals surface area (Å²) < 4.78 is 10.5. The van der Waals surface area contributed by atoms with Crippen molar-refractivity contribution in [1.29, 1.82) is 0 Å². The van der Waals surface area contributed by atoms with Crippen molar-refractivity contribution < 1.29 is 23.9 Å². The van der Waals surface area contributed by atoms with E-state index in [1.165, 1.54) is 13.3 Å². The van der Waals surface area contributed by atoms with Crippen LogP contribution in [0.15, 0.2) is 84.0 Å². The first-order chi connectivity index (χ1) is 16.0. The molecule has 0 aromatic heterocycles. The topological polar surface area (TPSA) is 118 Å². The van der Waals surface area contributed by atoms with E-state index in [2.05, 4.69) is 21.2 Å². The second-order valence-electron chi connectivity index (χ2n) is 6.66. The molecule has 0 atom stereocenters. The molecule has 0 saturated carbocycles. The van der Waals surface area contributed by atoms with E-state index >= 15 is 0 Å². The molecule has 0 aliphatic heterocycles. The molecule has 9 nitrogen and oxygen atoms in total. The van der Waals surface area contributed by atoms with Crippen LogP contribution >= 0.6 is 0 Å². The number of carbonyl (C=O) groups is 3. The van der Waals surface area contributed by atoms with E-state index in [1.54, 1.807) is 60.7 Å². The van der Waals surface area contributed by atoms with E-state index in [0.717, 1.165) is 0 Å². The van der Waals surface area contributed by atoms with Crippen LogP contribution in [0.25, 0.3) is 0 Å². The minimum atomic E-state index is -0.918. The summed E-state index contributed by atoms with van der Waals surface area (Å²) >= 11 is 0. The molecule has 9 heteroatoms. The van der Waals surface area contributed by atoms with E-state index in [4.69, 9.17) is 9.47 Å². The maximum atomic E-state index is 12.0. The number of ether oxygens (including phenoxy) is 2. The zero-order valence-corrected chi connectivity index (χ0v) is 17.8. The lowest BCUT2D eigenvalue weighted by molar-refractivity contribution is -0.136. The first-order valence-electron chi connectivity index (χ1n) is 9.89. The van der Waals surface area contributed by atoms with Crippen molar-refractivity contribution in [3.05, 3.63) is 84.4 Å². The third kappa shape index (κ3) is 7.51. The second kappa shape index (κ2) is 11.7. The number of amides is 3. The number of carbonyl (C=O) groups excluding carboxylic acids is 3. The largest absolute Gasteiger partial charge is 0.497 e. The van der Waals surface area contributed by atoms with Gasteiger partial charge in [-0.3, -0.25) is 14.4 Å². The van der Waals surface area contributed by atoms with Gasteiger partial charge in [0.05, 0.1) is 13.3 Å². The Labute approximate surface area is 190 Å². The maximum Gasteiger partial charge on any atom is 0.329 e. The van der Waals surface area contributed by atoms with Gasteiger partial charge in [0.2, 0.25) is 0 Å². The number of benzene rings is 3. The van der Waals surface area contributed by atoms with Crippen LogP contribution in [0.1, 0.15) is 5.56 Å². The normalized spacial score (nSPS) is 10.3. The van der Waals surface area contributed by atoms with Gasteiger partial charge in [-0.05, 0) is 54.1 Å². The quantitative estimate of drug-likeness (QED) is 0.279. The van der Waals surface area contributed by atoms with Gasteiger partial charge in [0.1, 0.15) is 11.5 Å². The molecule has 168 valence electrons. The molecule has 0 aliphatic carbocycles. The number of hydrogen-bond donors (Lipinski definition) is 3. The summed E-state index contributed by atoms with van der Waals surface area (Å²) in [6, 6.07) is 22.4. The molecule has 0 heterocycles. The van der Waals surface area contributed by atoms with Gasteiger partial charge >= 0.3 is 11.8 Å². The second-order valence-corrected chi connectivity index (χ2v) is 6.66. The predicted molar refractivity (Wildman–Crippen MR) is 124 cm³/mol. The van der Waals surface area contributed by atoms with Crippen molar-refractivity contribution in [2.24, 2.45) is 5.10 Å². The van der Waals surface area contributed by atoms with Crippen molar-refractivity contribution >= 4 is 35.3 Å². The Bertz CT molecular complexity index is 1130. The first kappa shape index (κ1) is 23.0. The zero-order chi connectivity index (χ0) is 23.5. The Kier molecular flexibility index (Phi) is 8.13. The number of anilines is 2. The third-order valence-corrected chi connectivity index (χ3v) is 4.22. The Morgan fingerprint density at radius 2 is 1.55 bits per heavy atom. The number of para-hydroxylation sites is 1. The van der Waals surface area contributed by atoms with Crippen molar-refractivity contribution in [2.45, 2.75) is 0 Å². The Balaban J connectivity index is 1.43. The Hall–Kier alpha value is -4.66. The van der Waals surface area contributed by atoms with Crippen molar-refractivity contribution in [2.75, 3.05) is 24.4 Å². The predicted octanol–water partition coefficient (Wildman–Crippen LogP) is 2.80. The van der Waals surface area contributed by atoms with E-state index in [9.17, 15) is 14.4 Å². The summed E-state index contributed by atoms with van der Waals surface area (Å²) in [6.45, 7) is -0.138. The average molecular weight is 446 g/mol. The smallest absolute Gasteiger partial charge is 0.329 e. The molecular weight excluding hydrogens is 424 g/mol. The summed E-state index contributed by atoms with van der Waals surface area (Å²) in [5.74, 6) is -1.01. The molecule has 33 heavy (non-hydrogen) atoms. The van der Waals surface area contributed by atoms with Gasteiger partial charge in [-0.1, -0.05) is 24.3 Å². The lowest BCUT2D eigenvalue weighted by Crippen LogP contribution is -2.32. The summed E-state index contributed by atoms with van der Waals surface area (Å²) in [7, 11) is 1.50. The molecular formula is C24H22N4O5. The standard InChI is InChI=1S/C24H22N4O5/c1-32-21-9-5-8-19(14-21)27-23(30)24(31)28-25-15-17-10-12-20(13-11-17)33-16-22(29)26-18-6-3-2-4-7-18/h2-15H,16H2,1H3,(H,26,29)(H,27,30)(H,28,31)/b25-15-. The van der Waals surface area contributed by atoms with Crippen molar-refractivity contribution in [1.82, 2.24) is 5.43 Å². The highest BCUT2D eigenvalue weighted by atomic mass is 16.5. The van der Waals surface area contributed by atoms with Crippen LogP contribution in [0.3, 0.4) is 0 Å². The van der Waals surface area contributed by atoms with Crippen LogP contribution in [0.4, 0.5) is 11.4 Å². The molecule has 0 fully saturated rings. The average Bonchev–Trinajstić information content (AvgIpc) is 2.84. The van der Waals surface area contributed by atoms with Gasteiger partial charge in [-0.15, -0.1) is 0 Å². The number of nitrogens with zero attached hydrogens (tertiary/aromatic N) is 1. The molecule has 3 N–H and O–H groups in total. The fraction of sp³-hybridized carbons (Fsp3) is 0.0833. The summed E-state index contributed by atoms with van der Waals surface area (Å²) in [6.07, 6.45) is 1.38. The van der Waals surface area contributed by atoms with Crippen LogP contribution in [-0.2, 0) is 14.4 Å². The maximum absolute atomic E-state index is 12.0. The molecule has 3 amide bonds. The SMILES string of the molecule is COc1cccc(NC(=O)C(=O)N/N=C\c2ccc(OCC(=O)Nc3ccccc3)cc2)c1. The van der Waals surface area contributed by atoms with Crippen molar-refractivity contribution in [3.8, 4) is 11.5 Å². The van der Waals surface area contributed by atoms with E-state index in [0.29, 0.717) is 28.4 Å². The van der Waals surface area contributed by atoms with E-state index in [-0.39, 0.29) is 12.5 Å². The van der Waals surface area contributed by atoms with Crippen LogP contribution in [0.5, 0.6) is 11.5 Å². The Morgan fingerprint density at radius 1 is 0.818 bits per heavy atom. The molecule has 0 aliphatic rings. The summed E-state index contributed by atoms with van der Waals surface area (Å²) in [5.41, 5.74) is 3.93. The number of methoxy groups -OCH3 is 1. The highest BCUT2D eigenvalue weighted by Gasteiger charge is 2.13. The van der Waals surface area contributed by atoms with Crippen LogP contribution < -0.4 is 25.5 Å². The van der Waals surface area contributed by atoms with Crippen LogP contribution in [0, 0.1) is 0 Å². The highest BCUT2D eigenvalue weighted by molar-refractivity contribution is 6.39. The number of hydrazone groups is 1. The molecule has 0 unspecified atom stereocenters. The first-order valence-corrected chi connectivity index (χ1v) is 9.89. The molecule has 0 saturated heterocycles. The number of rotatable bonds is 8. The molecule has 3 rings (SSSR count). The molecule has 0 spiro atoms. The molecule has 0 radical (unpaired) electrons. The van der Waals surface area contributed by atoms with Gasteiger partial charge < -0.3 is 20.1 Å². The van der Waals surface area contributed by atoms with Crippen LogP contribution in [0.2, 0.25) is 0 Å². The summed E-state index contributed by atoms with van der Waals surface area (Å²) in [5, 5.41) is 8.96. The monoisotopic (exact) mass is 446 g/mol. The lowest BCUT2D eigenvalue weighted by atomic mass is 10.2. The lowest BCUT2D eigenvalue weighted by Gasteiger charge is -2.07. The zero-order valence-electron chi connectivity index (χ0n) is 17.8.